The number of carbonyl (C=O) groups is 1. The van der Waals surface area contributed by atoms with E-state index in [1.165, 1.54) is 41.0 Å². The Hall–Kier alpha value is -1.58. The predicted molar refractivity (Wildman–Crippen MR) is 105 cm³/mol. The molecule has 1 heterocycles. The lowest BCUT2D eigenvalue weighted by Crippen LogP contribution is -2.33. The Morgan fingerprint density at radius 3 is 2.67 bits per heavy atom. The summed E-state index contributed by atoms with van der Waals surface area (Å²) in [6.07, 6.45) is 4.43. The first-order valence-corrected chi connectivity index (χ1v) is 11.7. The van der Waals surface area contributed by atoms with Gasteiger partial charge in [-0.25, -0.2) is 13.4 Å². The molecule has 1 fully saturated rings. The van der Waals surface area contributed by atoms with Crippen LogP contribution in [0, 0.1) is 0 Å². The van der Waals surface area contributed by atoms with E-state index >= 15 is 0 Å². The van der Waals surface area contributed by atoms with E-state index in [0.717, 1.165) is 12.8 Å². The molecule has 0 bridgehead atoms. The minimum atomic E-state index is -3.54. The lowest BCUT2D eigenvalue weighted by atomic mass is 10.2. The number of benzene rings is 1. The van der Waals surface area contributed by atoms with Gasteiger partial charge in [0.05, 0.1) is 10.6 Å². The molecular formula is C18H25N3O4S2. The highest BCUT2D eigenvalue weighted by molar-refractivity contribution is 7.99. The number of amides is 1. The summed E-state index contributed by atoms with van der Waals surface area (Å²) in [5, 5.41) is 3.39. The molecule has 0 unspecified atom stereocenters. The van der Waals surface area contributed by atoms with Gasteiger partial charge in [0.1, 0.15) is 5.52 Å². The molecule has 148 valence electrons. The molecule has 1 saturated carbocycles. The van der Waals surface area contributed by atoms with Gasteiger partial charge in [0.15, 0.2) is 5.58 Å². The molecule has 0 atom stereocenters. The summed E-state index contributed by atoms with van der Waals surface area (Å²) < 4.78 is 32.3. The van der Waals surface area contributed by atoms with Gasteiger partial charge in [0, 0.05) is 19.1 Å². The number of carbonyl (C=O) groups excluding carboxylic acids is 1. The average Bonchev–Trinajstić information content (AvgIpc) is 3.29. The molecule has 1 aromatic heterocycles. The van der Waals surface area contributed by atoms with E-state index in [1.807, 2.05) is 0 Å². The van der Waals surface area contributed by atoms with Gasteiger partial charge in [0.2, 0.25) is 15.9 Å². The van der Waals surface area contributed by atoms with Crippen molar-refractivity contribution in [1.29, 1.82) is 0 Å². The summed E-state index contributed by atoms with van der Waals surface area (Å²) in [6.45, 7) is 4.43. The first-order chi connectivity index (χ1) is 12.9. The molecule has 9 heteroatoms. The first-order valence-electron chi connectivity index (χ1n) is 9.27. The molecule has 0 saturated heterocycles. The van der Waals surface area contributed by atoms with Crippen LogP contribution in [-0.2, 0) is 14.8 Å². The van der Waals surface area contributed by atoms with E-state index in [4.69, 9.17) is 4.42 Å². The van der Waals surface area contributed by atoms with E-state index < -0.39 is 10.0 Å². The van der Waals surface area contributed by atoms with Crippen molar-refractivity contribution < 1.29 is 17.6 Å². The zero-order chi connectivity index (χ0) is 19.4. The van der Waals surface area contributed by atoms with Crippen LogP contribution in [0.3, 0.4) is 0 Å². The molecule has 1 amide bonds. The molecular weight excluding hydrogens is 386 g/mol. The van der Waals surface area contributed by atoms with Crippen LogP contribution in [0.15, 0.2) is 32.7 Å². The normalized spacial score (nSPS) is 15.7. The Balaban J connectivity index is 1.69. The zero-order valence-corrected chi connectivity index (χ0v) is 17.2. The van der Waals surface area contributed by atoms with Crippen molar-refractivity contribution >= 4 is 38.8 Å². The third-order valence-corrected chi connectivity index (χ3v) is 7.60. The highest BCUT2D eigenvalue weighted by atomic mass is 32.2. The summed E-state index contributed by atoms with van der Waals surface area (Å²) in [5.41, 5.74) is 0.981. The van der Waals surface area contributed by atoms with Crippen LogP contribution in [0.5, 0.6) is 0 Å². The van der Waals surface area contributed by atoms with Crippen molar-refractivity contribution in [1.82, 2.24) is 14.6 Å². The Morgan fingerprint density at radius 1 is 1.30 bits per heavy atom. The number of nitrogens with one attached hydrogen (secondary N) is 1. The molecule has 1 aliphatic carbocycles. The van der Waals surface area contributed by atoms with E-state index in [2.05, 4.69) is 10.3 Å². The summed E-state index contributed by atoms with van der Waals surface area (Å²) in [4.78, 5) is 16.6. The summed E-state index contributed by atoms with van der Waals surface area (Å²) in [5.74, 6) is 0.201. The number of oxazole rings is 1. The van der Waals surface area contributed by atoms with Gasteiger partial charge in [-0.3, -0.25) is 4.79 Å². The number of nitrogens with zero attached hydrogens (tertiary/aromatic N) is 2. The number of sulfonamides is 1. The third kappa shape index (κ3) is 4.64. The van der Waals surface area contributed by atoms with Crippen molar-refractivity contribution in [2.75, 3.05) is 18.8 Å². The molecule has 1 aromatic carbocycles. The average molecular weight is 412 g/mol. The lowest BCUT2D eigenvalue weighted by molar-refractivity contribution is -0.119. The monoisotopic (exact) mass is 411 g/mol. The lowest BCUT2D eigenvalue weighted by Gasteiger charge is -2.18. The Kier molecular flexibility index (Phi) is 6.44. The van der Waals surface area contributed by atoms with Gasteiger partial charge in [-0.05, 0) is 31.0 Å². The van der Waals surface area contributed by atoms with E-state index in [0.29, 0.717) is 29.4 Å². The predicted octanol–water partition coefficient (Wildman–Crippen LogP) is 3.01. The highest BCUT2D eigenvalue weighted by Crippen LogP contribution is 2.27. The molecule has 2 aromatic rings. The van der Waals surface area contributed by atoms with E-state index in [-0.39, 0.29) is 22.6 Å². The van der Waals surface area contributed by atoms with Gasteiger partial charge >= 0.3 is 0 Å². The summed E-state index contributed by atoms with van der Waals surface area (Å²) in [6, 6.07) is 4.95. The number of thioether (sulfide) groups is 1. The van der Waals surface area contributed by atoms with Gasteiger partial charge < -0.3 is 9.73 Å². The Labute approximate surface area is 163 Å². The van der Waals surface area contributed by atoms with Crippen LogP contribution < -0.4 is 5.32 Å². The quantitative estimate of drug-likeness (QED) is 0.671. The third-order valence-electron chi connectivity index (χ3n) is 4.73. The maximum absolute atomic E-state index is 12.6. The van der Waals surface area contributed by atoms with Gasteiger partial charge in [-0.15, -0.1) is 0 Å². The fourth-order valence-electron chi connectivity index (χ4n) is 3.29. The molecule has 27 heavy (non-hydrogen) atoms. The molecule has 0 spiro atoms. The topological polar surface area (TPSA) is 92.5 Å². The van der Waals surface area contributed by atoms with Crippen LogP contribution in [-0.4, -0.2) is 48.5 Å². The SMILES string of the molecule is CCN(CC)S(=O)(=O)c1ccc2oc(SCC(=O)NC3CCCC3)nc2c1. The van der Waals surface area contributed by atoms with Crippen molar-refractivity contribution in [3.8, 4) is 0 Å². The zero-order valence-electron chi connectivity index (χ0n) is 15.6. The molecule has 0 radical (unpaired) electrons. The summed E-state index contributed by atoms with van der Waals surface area (Å²) in [7, 11) is -3.54. The number of aromatic nitrogens is 1. The second-order valence-corrected chi connectivity index (χ2v) is 9.40. The molecule has 0 aliphatic heterocycles. The fourth-order valence-corrected chi connectivity index (χ4v) is 5.42. The van der Waals surface area contributed by atoms with Crippen LogP contribution in [0.2, 0.25) is 0 Å². The molecule has 7 nitrogen and oxygen atoms in total. The highest BCUT2D eigenvalue weighted by Gasteiger charge is 2.23. The van der Waals surface area contributed by atoms with Gasteiger partial charge in [-0.2, -0.15) is 4.31 Å². The second-order valence-electron chi connectivity index (χ2n) is 6.54. The van der Waals surface area contributed by atoms with Crippen molar-refractivity contribution in [2.45, 2.75) is 55.7 Å². The van der Waals surface area contributed by atoms with Gasteiger partial charge in [-0.1, -0.05) is 38.5 Å². The second kappa shape index (κ2) is 8.62. The summed E-state index contributed by atoms with van der Waals surface area (Å²) >= 11 is 1.22. The Bertz CT molecular complexity index is 900. The number of hydrogen-bond acceptors (Lipinski definition) is 6. The van der Waals surface area contributed by atoms with E-state index in [9.17, 15) is 13.2 Å². The number of rotatable bonds is 8. The van der Waals surface area contributed by atoms with Crippen LogP contribution in [0.1, 0.15) is 39.5 Å². The minimum Gasteiger partial charge on any atom is -0.431 e. The fraction of sp³-hybridized carbons (Fsp3) is 0.556. The first kappa shape index (κ1) is 20.2. The Morgan fingerprint density at radius 2 is 2.00 bits per heavy atom. The molecule has 1 N–H and O–H groups in total. The van der Waals surface area contributed by atoms with Crippen molar-refractivity contribution in [2.24, 2.45) is 0 Å². The molecule has 3 rings (SSSR count). The standard InChI is InChI=1S/C18H25N3O4S2/c1-3-21(4-2)27(23,24)14-9-10-16-15(11-14)20-18(25-16)26-12-17(22)19-13-7-5-6-8-13/h9-11,13H,3-8,12H2,1-2H3,(H,19,22). The maximum Gasteiger partial charge on any atom is 0.257 e. The van der Waals surface area contributed by atoms with E-state index in [1.54, 1.807) is 19.9 Å². The minimum absolute atomic E-state index is 0.0287. The number of hydrogen-bond donors (Lipinski definition) is 1. The van der Waals surface area contributed by atoms with Crippen molar-refractivity contribution in [3.63, 3.8) is 0 Å². The number of fused-ring (bicyclic) bond motifs is 1. The smallest absolute Gasteiger partial charge is 0.257 e. The van der Waals surface area contributed by atoms with Crippen LogP contribution in [0.25, 0.3) is 11.1 Å². The molecule has 1 aliphatic rings. The van der Waals surface area contributed by atoms with Gasteiger partial charge in [0.25, 0.3) is 5.22 Å². The largest absolute Gasteiger partial charge is 0.431 e. The van der Waals surface area contributed by atoms with Crippen molar-refractivity contribution in [3.05, 3.63) is 18.2 Å². The van der Waals surface area contributed by atoms with Crippen LogP contribution in [0.4, 0.5) is 0 Å². The van der Waals surface area contributed by atoms with Crippen LogP contribution >= 0.6 is 11.8 Å². The maximum atomic E-state index is 12.6.